The molecular formula is C16H28N2O2. The van der Waals surface area contributed by atoms with Crippen LogP contribution in [0.4, 0.5) is 0 Å². The quantitative estimate of drug-likeness (QED) is 0.695. The van der Waals surface area contributed by atoms with E-state index in [9.17, 15) is 9.59 Å². The zero-order valence-corrected chi connectivity index (χ0v) is 12.9. The van der Waals surface area contributed by atoms with Gasteiger partial charge in [-0.25, -0.2) is 0 Å². The first-order valence-electron chi connectivity index (χ1n) is 7.83. The Kier molecular flexibility index (Phi) is 8.00. The predicted octanol–water partition coefficient (Wildman–Crippen LogP) is 2.64. The fourth-order valence-corrected chi connectivity index (χ4v) is 2.48. The van der Waals surface area contributed by atoms with Gasteiger partial charge in [0.25, 0.3) is 0 Å². The smallest absolute Gasteiger partial charge is 0.220 e. The van der Waals surface area contributed by atoms with Crippen molar-refractivity contribution in [3.63, 3.8) is 0 Å². The zero-order valence-electron chi connectivity index (χ0n) is 12.9. The molecule has 0 spiro atoms. The highest BCUT2D eigenvalue weighted by Crippen LogP contribution is 2.20. The molecule has 0 aromatic carbocycles. The van der Waals surface area contributed by atoms with Crippen LogP contribution in [0.25, 0.3) is 0 Å². The van der Waals surface area contributed by atoms with E-state index in [-0.39, 0.29) is 11.8 Å². The number of rotatable bonds is 8. The zero-order chi connectivity index (χ0) is 14.8. The van der Waals surface area contributed by atoms with E-state index in [4.69, 9.17) is 0 Å². The molecule has 0 bridgehead atoms. The minimum Gasteiger partial charge on any atom is -0.354 e. The average molecular weight is 280 g/mol. The Balaban J connectivity index is 2.27. The lowest BCUT2D eigenvalue weighted by Gasteiger charge is -2.23. The maximum atomic E-state index is 11.6. The largest absolute Gasteiger partial charge is 0.354 e. The van der Waals surface area contributed by atoms with Crippen LogP contribution in [0.1, 0.15) is 58.8 Å². The molecule has 4 nitrogen and oxygen atoms in total. The number of allylic oxidation sites excluding steroid dienone is 1. The molecule has 0 aliphatic heterocycles. The van der Waals surface area contributed by atoms with Crippen LogP contribution in [-0.2, 0) is 9.59 Å². The van der Waals surface area contributed by atoms with Crippen LogP contribution in [0.15, 0.2) is 11.6 Å². The van der Waals surface area contributed by atoms with E-state index in [1.165, 1.54) is 31.3 Å². The molecule has 1 rings (SSSR count). The summed E-state index contributed by atoms with van der Waals surface area (Å²) in [6.45, 7) is 5.52. The Hall–Kier alpha value is -1.32. The summed E-state index contributed by atoms with van der Waals surface area (Å²) in [6, 6.07) is 0. The SMILES string of the molecule is CCCC(=O)NCCN(CCC1=CCCCC1)C(C)=O. The van der Waals surface area contributed by atoms with E-state index in [1.54, 1.807) is 6.92 Å². The minimum absolute atomic E-state index is 0.0750. The number of hydrogen-bond donors (Lipinski definition) is 1. The van der Waals surface area contributed by atoms with Gasteiger partial charge in [0.15, 0.2) is 0 Å². The summed E-state index contributed by atoms with van der Waals surface area (Å²) in [5.74, 6) is 0.164. The van der Waals surface area contributed by atoms with Crippen LogP contribution in [0, 0.1) is 0 Å². The molecule has 1 N–H and O–H groups in total. The molecule has 0 aromatic heterocycles. The molecule has 0 radical (unpaired) electrons. The molecule has 0 saturated carbocycles. The number of carbonyl (C=O) groups excluding carboxylic acids is 2. The highest BCUT2D eigenvalue weighted by atomic mass is 16.2. The first-order valence-corrected chi connectivity index (χ1v) is 7.83. The van der Waals surface area contributed by atoms with Gasteiger partial charge < -0.3 is 10.2 Å². The maximum Gasteiger partial charge on any atom is 0.220 e. The van der Waals surface area contributed by atoms with Gasteiger partial charge >= 0.3 is 0 Å². The Morgan fingerprint density at radius 2 is 2.10 bits per heavy atom. The fourth-order valence-electron chi connectivity index (χ4n) is 2.48. The number of amides is 2. The molecule has 2 amide bonds. The van der Waals surface area contributed by atoms with Gasteiger partial charge in [0.1, 0.15) is 0 Å². The van der Waals surface area contributed by atoms with Crippen molar-refractivity contribution in [3.8, 4) is 0 Å². The van der Waals surface area contributed by atoms with Crippen molar-refractivity contribution >= 4 is 11.8 Å². The van der Waals surface area contributed by atoms with Gasteiger partial charge in [-0.05, 0) is 38.5 Å². The topological polar surface area (TPSA) is 49.4 Å². The molecule has 0 heterocycles. The number of nitrogens with zero attached hydrogens (tertiary/aromatic N) is 1. The highest BCUT2D eigenvalue weighted by Gasteiger charge is 2.11. The van der Waals surface area contributed by atoms with Gasteiger partial charge in [0.05, 0.1) is 0 Å². The second kappa shape index (κ2) is 9.56. The monoisotopic (exact) mass is 280 g/mol. The third kappa shape index (κ3) is 6.73. The normalized spacial score (nSPS) is 14.6. The van der Waals surface area contributed by atoms with Crippen molar-refractivity contribution in [1.29, 1.82) is 0 Å². The highest BCUT2D eigenvalue weighted by molar-refractivity contribution is 5.76. The van der Waals surface area contributed by atoms with Crippen LogP contribution in [0.5, 0.6) is 0 Å². The third-order valence-electron chi connectivity index (χ3n) is 3.71. The van der Waals surface area contributed by atoms with Gasteiger partial charge in [-0.2, -0.15) is 0 Å². The van der Waals surface area contributed by atoms with Gasteiger partial charge in [-0.3, -0.25) is 9.59 Å². The maximum absolute atomic E-state index is 11.6. The third-order valence-corrected chi connectivity index (χ3v) is 3.71. The fraction of sp³-hybridized carbons (Fsp3) is 0.750. The van der Waals surface area contributed by atoms with E-state index >= 15 is 0 Å². The van der Waals surface area contributed by atoms with Crippen molar-refractivity contribution in [1.82, 2.24) is 10.2 Å². The summed E-state index contributed by atoms with van der Waals surface area (Å²) in [7, 11) is 0. The Morgan fingerprint density at radius 1 is 1.30 bits per heavy atom. The van der Waals surface area contributed by atoms with Crippen molar-refractivity contribution in [2.24, 2.45) is 0 Å². The van der Waals surface area contributed by atoms with Crippen LogP contribution in [0.2, 0.25) is 0 Å². The van der Waals surface area contributed by atoms with Gasteiger partial charge in [-0.15, -0.1) is 0 Å². The molecule has 114 valence electrons. The Bertz CT molecular complexity index is 350. The second-order valence-corrected chi connectivity index (χ2v) is 5.46. The first kappa shape index (κ1) is 16.7. The number of hydrogen-bond acceptors (Lipinski definition) is 2. The lowest BCUT2D eigenvalue weighted by molar-refractivity contribution is -0.129. The molecule has 4 heteroatoms. The summed E-state index contributed by atoms with van der Waals surface area (Å²) in [5, 5.41) is 2.86. The van der Waals surface area contributed by atoms with E-state index in [0.29, 0.717) is 19.5 Å². The van der Waals surface area contributed by atoms with E-state index in [2.05, 4.69) is 11.4 Å². The minimum atomic E-state index is 0.0750. The van der Waals surface area contributed by atoms with Crippen molar-refractivity contribution in [3.05, 3.63) is 11.6 Å². The summed E-state index contributed by atoms with van der Waals surface area (Å²) in [6.07, 6.45) is 9.65. The van der Waals surface area contributed by atoms with Crippen molar-refractivity contribution in [2.45, 2.75) is 58.8 Å². The second-order valence-electron chi connectivity index (χ2n) is 5.46. The molecule has 1 aliphatic carbocycles. The summed E-state index contributed by atoms with van der Waals surface area (Å²) in [4.78, 5) is 24.8. The predicted molar refractivity (Wildman–Crippen MR) is 81.3 cm³/mol. The Labute approximate surface area is 122 Å². The summed E-state index contributed by atoms with van der Waals surface area (Å²) >= 11 is 0. The van der Waals surface area contributed by atoms with Crippen LogP contribution < -0.4 is 5.32 Å². The number of carbonyl (C=O) groups is 2. The first-order chi connectivity index (χ1) is 9.63. The van der Waals surface area contributed by atoms with Crippen LogP contribution in [-0.4, -0.2) is 36.3 Å². The molecular weight excluding hydrogens is 252 g/mol. The van der Waals surface area contributed by atoms with E-state index in [1.807, 2.05) is 11.8 Å². The molecule has 0 fully saturated rings. The molecule has 0 saturated heterocycles. The number of nitrogens with one attached hydrogen (secondary N) is 1. The summed E-state index contributed by atoms with van der Waals surface area (Å²) < 4.78 is 0. The van der Waals surface area contributed by atoms with Crippen LogP contribution in [0.3, 0.4) is 0 Å². The molecule has 0 atom stereocenters. The molecule has 0 unspecified atom stereocenters. The molecule has 1 aliphatic rings. The van der Waals surface area contributed by atoms with Crippen molar-refractivity contribution < 1.29 is 9.59 Å². The standard InChI is InChI=1S/C16H28N2O2/c1-3-7-16(20)17-11-13-18(14(2)19)12-10-15-8-5-4-6-9-15/h8H,3-7,9-13H2,1-2H3,(H,17,20). The van der Waals surface area contributed by atoms with Gasteiger partial charge in [-0.1, -0.05) is 18.6 Å². The molecule has 0 aromatic rings. The molecule has 20 heavy (non-hydrogen) atoms. The van der Waals surface area contributed by atoms with Crippen molar-refractivity contribution in [2.75, 3.05) is 19.6 Å². The van der Waals surface area contributed by atoms with E-state index in [0.717, 1.165) is 19.4 Å². The van der Waals surface area contributed by atoms with Crippen LogP contribution >= 0.6 is 0 Å². The van der Waals surface area contributed by atoms with Gasteiger partial charge in [0, 0.05) is 33.0 Å². The van der Waals surface area contributed by atoms with Gasteiger partial charge in [0.2, 0.25) is 11.8 Å². The summed E-state index contributed by atoms with van der Waals surface area (Å²) in [5.41, 5.74) is 1.48. The Morgan fingerprint density at radius 3 is 2.70 bits per heavy atom. The van der Waals surface area contributed by atoms with E-state index < -0.39 is 0 Å². The lowest BCUT2D eigenvalue weighted by atomic mass is 9.97. The average Bonchev–Trinajstić information content (AvgIpc) is 2.43. The lowest BCUT2D eigenvalue weighted by Crippen LogP contribution is -2.38.